The van der Waals surface area contributed by atoms with Crippen LogP contribution in [0.25, 0.3) is 11.3 Å². The smallest absolute Gasteiger partial charge is 0.322 e. The van der Waals surface area contributed by atoms with E-state index in [1.54, 1.807) is 24.4 Å². The molecule has 1 aromatic carbocycles. The lowest BCUT2D eigenvalue weighted by Crippen LogP contribution is -2.50. The number of nitrogens with one attached hydrogen (secondary N) is 1. The Bertz CT molecular complexity index is 1350. The summed E-state index contributed by atoms with van der Waals surface area (Å²) >= 11 is 13.0. The van der Waals surface area contributed by atoms with Crippen LogP contribution in [-0.4, -0.2) is 39.3 Å². The Morgan fingerprint density at radius 1 is 1.16 bits per heavy atom. The molecule has 0 spiro atoms. The van der Waals surface area contributed by atoms with Gasteiger partial charge in [-0.2, -0.15) is 5.26 Å². The highest BCUT2D eigenvalue weighted by Crippen LogP contribution is 2.46. The molecule has 8 nitrogen and oxygen atoms in total. The van der Waals surface area contributed by atoms with E-state index < -0.39 is 0 Å². The molecule has 0 radical (unpaired) electrons. The van der Waals surface area contributed by atoms with Gasteiger partial charge >= 0.3 is 6.03 Å². The zero-order chi connectivity index (χ0) is 25.5. The maximum atomic E-state index is 13.1. The lowest BCUT2D eigenvalue weighted by atomic mass is 9.99. The van der Waals surface area contributed by atoms with E-state index in [1.807, 2.05) is 17.0 Å². The minimum absolute atomic E-state index is 0.0154. The third kappa shape index (κ3) is 4.79. The molecule has 1 saturated carbocycles. The van der Waals surface area contributed by atoms with Crippen LogP contribution in [0.1, 0.15) is 61.3 Å². The molecule has 2 atom stereocenters. The number of fused-ring (bicyclic) bond motifs is 2. The molecular formula is C27H25Cl2N5O3. The normalized spacial score (nSPS) is 22.6. The van der Waals surface area contributed by atoms with Crippen LogP contribution in [0.3, 0.4) is 0 Å². The number of ether oxygens (including phenoxy) is 1. The van der Waals surface area contributed by atoms with Crippen molar-refractivity contribution in [1.82, 2.24) is 15.0 Å². The molecule has 2 saturated heterocycles. The molecule has 3 aliphatic rings. The summed E-state index contributed by atoms with van der Waals surface area (Å²) in [6.45, 7) is 0.356. The van der Waals surface area contributed by atoms with Gasteiger partial charge in [0.05, 0.1) is 40.2 Å². The van der Waals surface area contributed by atoms with Crippen LogP contribution < -0.4 is 5.32 Å². The van der Waals surface area contributed by atoms with Gasteiger partial charge in [-0.15, -0.1) is 0 Å². The maximum Gasteiger partial charge on any atom is 0.322 e. The van der Waals surface area contributed by atoms with Crippen molar-refractivity contribution in [1.29, 1.82) is 5.26 Å². The summed E-state index contributed by atoms with van der Waals surface area (Å²) in [7, 11) is 0. The van der Waals surface area contributed by atoms with Gasteiger partial charge in [-0.05, 0) is 56.7 Å². The maximum absolute atomic E-state index is 13.1. The number of pyridine rings is 1. The summed E-state index contributed by atoms with van der Waals surface area (Å²) in [5, 5.41) is 17.4. The number of benzene rings is 1. The number of nitrogens with zero attached hydrogens (tertiary/aromatic N) is 4. The largest absolute Gasteiger partial charge is 0.373 e. The zero-order valence-electron chi connectivity index (χ0n) is 20.0. The fraction of sp³-hybridized carbons (Fsp3) is 0.407. The Balaban J connectivity index is 1.15. The Hall–Kier alpha value is -3.12. The number of amides is 2. The quantitative estimate of drug-likeness (QED) is 0.382. The summed E-state index contributed by atoms with van der Waals surface area (Å²) in [5.74, 6) is 1.22. The topological polar surface area (TPSA) is 104 Å². The van der Waals surface area contributed by atoms with E-state index in [4.69, 9.17) is 37.7 Å². The van der Waals surface area contributed by atoms with Crippen LogP contribution in [-0.2, 0) is 11.3 Å². The Kier molecular flexibility index (Phi) is 6.53. The number of urea groups is 1. The number of halogens is 2. The fourth-order valence-electron chi connectivity index (χ4n) is 5.60. The van der Waals surface area contributed by atoms with Crippen molar-refractivity contribution in [2.24, 2.45) is 0 Å². The fourth-order valence-corrected chi connectivity index (χ4v) is 6.18. The van der Waals surface area contributed by atoms with Crippen LogP contribution >= 0.6 is 23.2 Å². The summed E-state index contributed by atoms with van der Waals surface area (Å²) in [6, 6.07) is 9.11. The van der Waals surface area contributed by atoms with Crippen LogP contribution in [0.15, 0.2) is 41.2 Å². The summed E-state index contributed by atoms with van der Waals surface area (Å²) in [5.41, 5.74) is 3.15. The van der Waals surface area contributed by atoms with E-state index in [1.165, 1.54) is 6.20 Å². The summed E-state index contributed by atoms with van der Waals surface area (Å²) < 4.78 is 12.2. The Morgan fingerprint density at radius 2 is 1.89 bits per heavy atom. The van der Waals surface area contributed by atoms with Crippen LogP contribution in [0.5, 0.6) is 0 Å². The highest BCUT2D eigenvalue weighted by Gasteiger charge is 2.44. The standard InChI is InChI=1S/C27H25Cl2N5O3/c28-22-2-1-3-23(29)24(22)25-21(26(37-33-25)16-4-5-16)14-36-20-9-18-6-7-19(10-20)34(18)27(35)32-17-8-15(11-30)12-31-13-17/h1-3,8,12-13,16,18-20H,4-7,9-10,14H2,(H,32,35). The first-order valence-electron chi connectivity index (χ1n) is 12.5. The molecule has 2 aromatic heterocycles. The second-order valence-corrected chi connectivity index (χ2v) is 10.8. The van der Waals surface area contributed by atoms with Crippen molar-refractivity contribution in [3.05, 3.63) is 63.6 Å². The molecular weight excluding hydrogens is 513 g/mol. The minimum atomic E-state index is -0.159. The first kappa shape index (κ1) is 24.2. The van der Waals surface area contributed by atoms with E-state index >= 15 is 0 Å². The molecule has 1 aliphatic carbocycles. The van der Waals surface area contributed by atoms with E-state index in [0.717, 1.165) is 49.8 Å². The van der Waals surface area contributed by atoms with E-state index in [9.17, 15) is 4.79 Å². The zero-order valence-corrected chi connectivity index (χ0v) is 21.5. The molecule has 2 amide bonds. The second-order valence-electron chi connectivity index (χ2n) is 9.95. The molecule has 1 N–H and O–H groups in total. The predicted molar refractivity (Wildman–Crippen MR) is 138 cm³/mol. The lowest BCUT2D eigenvalue weighted by molar-refractivity contribution is -0.0158. The van der Waals surface area contributed by atoms with Gasteiger partial charge in [-0.25, -0.2) is 4.79 Å². The molecule has 2 unspecified atom stereocenters. The monoisotopic (exact) mass is 537 g/mol. The molecule has 2 bridgehead atoms. The SMILES string of the molecule is N#Cc1cncc(NC(=O)N2C3CCC2CC(OCc2c(-c4c(Cl)cccc4Cl)noc2C2CC2)C3)c1. The third-order valence-electron chi connectivity index (χ3n) is 7.47. The average molecular weight is 538 g/mol. The van der Waals surface area contributed by atoms with Crippen LogP contribution in [0.4, 0.5) is 10.5 Å². The number of piperidine rings is 1. The van der Waals surface area contributed by atoms with Crippen molar-refractivity contribution in [3.8, 4) is 17.3 Å². The van der Waals surface area contributed by atoms with Crippen LogP contribution in [0.2, 0.25) is 10.0 Å². The number of carbonyl (C=O) groups is 1. The first-order valence-corrected chi connectivity index (χ1v) is 13.3. The van der Waals surface area contributed by atoms with Gasteiger partial charge in [0.25, 0.3) is 0 Å². The molecule has 37 heavy (non-hydrogen) atoms. The van der Waals surface area contributed by atoms with Gasteiger partial charge in [0, 0.05) is 35.3 Å². The Morgan fingerprint density at radius 3 is 2.57 bits per heavy atom. The van der Waals surface area contributed by atoms with E-state index in [-0.39, 0.29) is 24.2 Å². The van der Waals surface area contributed by atoms with E-state index in [0.29, 0.717) is 45.1 Å². The predicted octanol–water partition coefficient (Wildman–Crippen LogP) is 6.54. The highest BCUT2D eigenvalue weighted by molar-refractivity contribution is 6.39. The number of hydrogen-bond acceptors (Lipinski definition) is 6. The van der Waals surface area contributed by atoms with Gasteiger partial charge in [-0.3, -0.25) is 4.98 Å². The summed E-state index contributed by atoms with van der Waals surface area (Å²) in [6.07, 6.45) is 8.57. The van der Waals surface area contributed by atoms with Gasteiger partial charge in [-0.1, -0.05) is 34.4 Å². The highest BCUT2D eigenvalue weighted by atomic mass is 35.5. The van der Waals surface area contributed by atoms with E-state index in [2.05, 4.69) is 15.5 Å². The van der Waals surface area contributed by atoms with Crippen molar-refractivity contribution in [2.75, 3.05) is 5.32 Å². The molecule has 4 heterocycles. The number of hydrogen-bond donors (Lipinski definition) is 1. The third-order valence-corrected chi connectivity index (χ3v) is 8.10. The average Bonchev–Trinajstić information content (AvgIpc) is 3.59. The van der Waals surface area contributed by atoms with Crippen molar-refractivity contribution in [3.63, 3.8) is 0 Å². The molecule has 3 fully saturated rings. The molecule has 3 aromatic rings. The molecule has 2 aliphatic heterocycles. The lowest BCUT2D eigenvalue weighted by Gasteiger charge is -2.38. The van der Waals surface area contributed by atoms with Crippen LogP contribution in [0, 0.1) is 11.3 Å². The number of anilines is 1. The first-order chi connectivity index (χ1) is 18.0. The minimum Gasteiger partial charge on any atom is -0.373 e. The van der Waals surface area contributed by atoms with Gasteiger partial charge in [0.2, 0.25) is 0 Å². The molecule has 6 rings (SSSR count). The summed E-state index contributed by atoms with van der Waals surface area (Å²) in [4.78, 5) is 19.0. The number of rotatable bonds is 6. The number of carbonyl (C=O) groups excluding carboxylic acids is 1. The van der Waals surface area contributed by atoms with Gasteiger partial charge < -0.3 is 19.5 Å². The molecule has 10 heteroatoms. The Labute approximate surface area is 224 Å². The second kappa shape index (κ2) is 9.97. The molecule has 190 valence electrons. The van der Waals surface area contributed by atoms with Gasteiger partial charge in [0.15, 0.2) is 0 Å². The van der Waals surface area contributed by atoms with Gasteiger partial charge in [0.1, 0.15) is 17.5 Å². The van der Waals surface area contributed by atoms with Crippen molar-refractivity contribution in [2.45, 2.75) is 69.2 Å². The number of nitriles is 1. The van der Waals surface area contributed by atoms with Crippen molar-refractivity contribution >= 4 is 34.9 Å². The van der Waals surface area contributed by atoms with Crippen molar-refractivity contribution < 1.29 is 14.1 Å². The number of aromatic nitrogens is 2.